The molecule has 0 saturated carbocycles. The lowest BCUT2D eigenvalue weighted by Crippen LogP contribution is -1.94. The fourth-order valence-corrected chi connectivity index (χ4v) is 2.51. The van der Waals surface area contributed by atoms with Gasteiger partial charge in [-0.25, -0.2) is 0 Å². The molecule has 1 unspecified atom stereocenters. The van der Waals surface area contributed by atoms with Crippen LogP contribution in [0.15, 0.2) is 12.2 Å². The van der Waals surface area contributed by atoms with Gasteiger partial charge in [0, 0.05) is 6.42 Å². The maximum absolute atomic E-state index is 9.95. The van der Waals surface area contributed by atoms with E-state index >= 15 is 0 Å². The topological polar surface area (TPSA) is 17.1 Å². The standard InChI is InChI=1S/C9H14OS/c10-6-3-1-2-4-9-5-7-11-8-9/h1-2,6,9H,3-5,7-8H2/b2-1-. The second-order valence-corrected chi connectivity index (χ2v) is 3.99. The second kappa shape index (κ2) is 5.42. The molecule has 0 aliphatic carbocycles. The second-order valence-electron chi connectivity index (χ2n) is 2.84. The number of carbonyl (C=O) groups is 1. The van der Waals surface area contributed by atoms with Crippen LogP contribution in [0.4, 0.5) is 0 Å². The summed E-state index contributed by atoms with van der Waals surface area (Å²) in [4.78, 5) is 9.95. The SMILES string of the molecule is O=CC/C=C\CC1CCSC1. The maximum atomic E-state index is 9.95. The molecule has 1 atom stereocenters. The van der Waals surface area contributed by atoms with Gasteiger partial charge in [0.05, 0.1) is 0 Å². The molecule has 1 heterocycles. The van der Waals surface area contributed by atoms with Gasteiger partial charge < -0.3 is 4.79 Å². The van der Waals surface area contributed by atoms with Gasteiger partial charge in [-0.15, -0.1) is 0 Å². The van der Waals surface area contributed by atoms with Crippen molar-refractivity contribution in [1.29, 1.82) is 0 Å². The van der Waals surface area contributed by atoms with Gasteiger partial charge in [-0.05, 0) is 30.3 Å². The number of rotatable bonds is 4. The zero-order valence-electron chi connectivity index (χ0n) is 6.66. The van der Waals surface area contributed by atoms with Crippen LogP contribution < -0.4 is 0 Å². The minimum Gasteiger partial charge on any atom is -0.303 e. The van der Waals surface area contributed by atoms with Crippen LogP contribution in [0.2, 0.25) is 0 Å². The number of aldehydes is 1. The van der Waals surface area contributed by atoms with E-state index in [1.54, 1.807) is 0 Å². The van der Waals surface area contributed by atoms with Gasteiger partial charge in [-0.1, -0.05) is 12.2 Å². The van der Waals surface area contributed by atoms with Gasteiger partial charge in [0.2, 0.25) is 0 Å². The van der Waals surface area contributed by atoms with Crippen LogP contribution in [0.3, 0.4) is 0 Å². The van der Waals surface area contributed by atoms with Gasteiger partial charge in [0.15, 0.2) is 0 Å². The third-order valence-corrected chi connectivity index (χ3v) is 3.12. The van der Waals surface area contributed by atoms with Crippen molar-refractivity contribution in [1.82, 2.24) is 0 Å². The van der Waals surface area contributed by atoms with E-state index < -0.39 is 0 Å². The molecule has 11 heavy (non-hydrogen) atoms. The Morgan fingerprint density at radius 3 is 3.00 bits per heavy atom. The van der Waals surface area contributed by atoms with Crippen molar-refractivity contribution in [2.24, 2.45) is 5.92 Å². The van der Waals surface area contributed by atoms with E-state index in [-0.39, 0.29) is 0 Å². The molecule has 1 fully saturated rings. The normalized spacial score (nSPS) is 24.5. The smallest absolute Gasteiger partial charge is 0.123 e. The Hall–Kier alpha value is -0.240. The molecule has 0 radical (unpaired) electrons. The van der Waals surface area contributed by atoms with Gasteiger partial charge in [0.1, 0.15) is 6.29 Å². The van der Waals surface area contributed by atoms with Crippen LogP contribution in [-0.2, 0) is 4.79 Å². The lowest BCUT2D eigenvalue weighted by molar-refractivity contribution is -0.107. The third-order valence-electron chi connectivity index (χ3n) is 1.89. The summed E-state index contributed by atoms with van der Waals surface area (Å²) in [5.74, 6) is 3.51. The zero-order chi connectivity index (χ0) is 7.94. The van der Waals surface area contributed by atoms with Crippen molar-refractivity contribution < 1.29 is 4.79 Å². The number of carbonyl (C=O) groups excluding carboxylic acids is 1. The van der Waals surface area contributed by atoms with Gasteiger partial charge >= 0.3 is 0 Å². The van der Waals surface area contributed by atoms with E-state index in [1.807, 2.05) is 17.8 Å². The molecule has 1 aliphatic rings. The summed E-state index contributed by atoms with van der Waals surface area (Å²) in [6.45, 7) is 0. The molecule has 0 N–H and O–H groups in total. The molecule has 0 aromatic rings. The number of hydrogen-bond acceptors (Lipinski definition) is 2. The average Bonchev–Trinajstić information content (AvgIpc) is 2.50. The van der Waals surface area contributed by atoms with E-state index in [2.05, 4.69) is 6.08 Å². The minimum atomic E-state index is 0.583. The van der Waals surface area contributed by atoms with Crippen LogP contribution in [0, 0.1) is 5.92 Å². The number of allylic oxidation sites excluding steroid dienone is 2. The van der Waals surface area contributed by atoms with Crippen LogP contribution in [0.1, 0.15) is 19.3 Å². The fraction of sp³-hybridized carbons (Fsp3) is 0.667. The van der Waals surface area contributed by atoms with Crippen molar-refractivity contribution in [2.45, 2.75) is 19.3 Å². The largest absolute Gasteiger partial charge is 0.303 e. The number of thioether (sulfide) groups is 1. The highest BCUT2D eigenvalue weighted by molar-refractivity contribution is 7.99. The molecular weight excluding hydrogens is 156 g/mol. The molecule has 0 aromatic carbocycles. The molecule has 62 valence electrons. The molecule has 0 spiro atoms. The van der Waals surface area contributed by atoms with Gasteiger partial charge in [-0.3, -0.25) is 0 Å². The summed E-state index contributed by atoms with van der Waals surface area (Å²) in [6.07, 6.45) is 8.16. The minimum absolute atomic E-state index is 0.583. The lowest BCUT2D eigenvalue weighted by Gasteiger charge is -2.01. The van der Waals surface area contributed by atoms with Crippen molar-refractivity contribution in [3.63, 3.8) is 0 Å². The van der Waals surface area contributed by atoms with Crippen molar-refractivity contribution in [3.05, 3.63) is 12.2 Å². The van der Waals surface area contributed by atoms with E-state index in [0.29, 0.717) is 6.42 Å². The van der Waals surface area contributed by atoms with E-state index in [1.165, 1.54) is 24.3 Å². The summed E-state index contributed by atoms with van der Waals surface area (Å²) < 4.78 is 0. The van der Waals surface area contributed by atoms with Crippen LogP contribution in [-0.4, -0.2) is 17.8 Å². The molecule has 0 aromatic heterocycles. The Morgan fingerprint density at radius 2 is 2.36 bits per heavy atom. The third kappa shape index (κ3) is 3.61. The maximum Gasteiger partial charge on any atom is 0.123 e. The van der Waals surface area contributed by atoms with Crippen molar-refractivity contribution in [2.75, 3.05) is 11.5 Å². The highest BCUT2D eigenvalue weighted by Gasteiger charge is 2.12. The average molecular weight is 170 g/mol. The fourth-order valence-electron chi connectivity index (χ4n) is 1.21. The summed E-state index contributed by atoms with van der Waals surface area (Å²) in [5.41, 5.74) is 0. The first kappa shape index (κ1) is 8.85. The quantitative estimate of drug-likeness (QED) is 0.475. The molecular formula is C9H14OS. The molecule has 1 saturated heterocycles. The Labute approximate surface area is 72.2 Å². The first-order valence-electron chi connectivity index (χ1n) is 4.10. The Bertz CT molecular complexity index is 136. The predicted octanol–water partition coefficient (Wildman–Crippen LogP) is 2.27. The first-order valence-corrected chi connectivity index (χ1v) is 5.25. The van der Waals surface area contributed by atoms with Crippen molar-refractivity contribution in [3.8, 4) is 0 Å². The summed E-state index contributed by atoms with van der Waals surface area (Å²) in [6, 6.07) is 0. The van der Waals surface area contributed by atoms with Crippen LogP contribution in [0.25, 0.3) is 0 Å². The molecule has 1 rings (SSSR count). The summed E-state index contributed by atoms with van der Waals surface area (Å²) in [7, 11) is 0. The molecule has 1 aliphatic heterocycles. The Morgan fingerprint density at radius 1 is 1.45 bits per heavy atom. The molecule has 0 amide bonds. The van der Waals surface area contributed by atoms with E-state index in [4.69, 9.17) is 0 Å². The zero-order valence-corrected chi connectivity index (χ0v) is 7.48. The number of hydrogen-bond donors (Lipinski definition) is 0. The Balaban J connectivity index is 2.05. The van der Waals surface area contributed by atoms with E-state index in [9.17, 15) is 4.79 Å². The predicted molar refractivity (Wildman–Crippen MR) is 49.9 cm³/mol. The lowest BCUT2D eigenvalue weighted by atomic mass is 10.1. The van der Waals surface area contributed by atoms with Gasteiger partial charge in [-0.2, -0.15) is 11.8 Å². The highest BCUT2D eigenvalue weighted by atomic mass is 32.2. The summed E-state index contributed by atoms with van der Waals surface area (Å²) >= 11 is 2.04. The van der Waals surface area contributed by atoms with Gasteiger partial charge in [0.25, 0.3) is 0 Å². The summed E-state index contributed by atoms with van der Waals surface area (Å²) in [5, 5.41) is 0. The van der Waals surface area contributed by atoms with E-state index in [0.717, 1.165) is 12.2 Å². The van der Waals surface area contributed by atoms with Crippen molar-refractivity contribution >= 4 is 18.0 Å². The molecule has 2 heteroatoms. The highest BCUT2D eigenvalue weighted by Crippen LogP contribution is 2.26. The molecule has 0 bridgehead atoms. The monoisotopic (exact) mass is 170 g/mol. The Kier molecular flexibility index (Phi) is 4.36. The van der Waals surface area contributed by atoms with Crippen LogP contribution in [0.5, 0.6) is 0 Å². The molecule has 1 nitrogen and oxygen atoms in total. The first-order chi connectivity index (χ1) is 5.43. The van der Waals surface area contributed by atoms with Crippen LogP contribution >= 0.6 is 11.8 Å².